The fourth-order valence-electron chi connectivity index (χ4n) is 2.52. The highest BCUT2D eigenvalue weighted by atomic mass is 35.5. The van der Waals surface area contributed by atoms with Crippen molar-refractivity contribution in [1.82, 2.24) is 9.88 Å². The van der Waals surface area contributed by atoms with Gasteiger partial charge in [0, 0.05) is 30.1 Å². The summed E-state index contributed by atoms with van der Waals surface area (Å²) in [5, 5.41) is 4.06. The van der Waals surface area contributed by atoms with E-state index in [1.807, 2.05) is 30.3 Å². The van der Waals surface area contributed by atoms with Crippen molar-refractivity contribution >= 4 is 34.3 Å². The molecule has 0 saturated carbocycles. The molecule has 0 fully saturated rings. The summed E-state index contributed by atoms with van der Waals surface area (Å²) in [7, 11) is 0. The predicted molar refractivity (Wildman–Crippen MR) is 90.9 cm³/mol. The Balaban J connectivity index is 1.93. The molecular weight excluding hydrogens is 312 g/mol. The zero-order chi connectivity index (χ0) is 16.4. The smallest absolute Gasteiger partial charge is 0.253 e. The topological polar surface area (TPSA) is 51.1 Å². The Morgan fingerprint density at radius 1 is 1.13 bits per heavy atom. The Kier molecular flexibility index (Phi) is 4.17. The van der Waals surface area contributed by atoms with Crippen LogP contribution in [0.2, 0.25) is 5.02 Å². The average molecular weight is 327 g/mol. The van der Waals surface area contributed by atoms with Crippen molar-refractivity contribution in [3.05, 3.63) is 70.9 Å². The van der Waals surface area contributed by atoms with Gasteiger partial charge in [-0.1, -0.05) is 41.9 Å². The molecule has 1 N–H and O–H groups in total. The van der Waals surface area contributed by atoms with Gasteiger partial charge in [-0.2, -0.15) is 0 Å². The summed E-state index contributed by atoms with van der Waals surface area (Å²) in [5.74, 6) is -0.388. The molecule has 0 spiro atoms. The SMILES string of the molecule is CC(=O)n1cc(C(=O)NCc2ccccc2)c2cc(Cl)ccc21. The molecular formula is C18H15ClN2O2. The van der Waals surface area contributed by atoms with Crippen molar-refractivity contribution in [3.8, 4) is 0 Å². The minimum atomic E-state index is -0.235. The minimum absolute atomic E-state index is 0.153. The second kappa shape index (κ2) is 6.26. The second-order valence-electron chi connectivity index (χ2n) is 5.26. The van der Waals surface area contributed by atoms with Crippen molar-refractivity contribution in [2.24, 2.45) is 0 Å². The number of carbonyl (C=O) groups is 2. The van der Waals surface area contributed by atoms with Crippen LogP contribution in [0.25, 0.3) is 10.9 Å². The Bertz CT molecular complexity index is 885. The summed E-state index contributed by atoms with van der Waals surface area (Å²) in [6.45, 7) is 1.88. The van der Waals surface area contributed by atoms with Gasteiger partial charge in [0.05, 0.1) is 11.1 Å². The van der Waals surface area contributed by atoms with Gasteiger partial charge in [-0.15, -0.1) is 0 Å². The van der Waals surface area contributed by atoms with E-state index >= 15 is 0 Å². The van der Waals surface area contributed by atoms with Crippen LogP contribution in [0.4, 0.5) is 0 Å². The van der Waals surface area contributed by atoms with E-state index in [2.05, 4.69) is 5.32 Å². The Morgan fingerprint density at radius 3 is 2.57 bits per heavy atom. The molecule has 23 heavy (non-hydrogen) atoms. The van der Waals surface area contributed by atoms with Crippen LogP contribution < -0.4 is 5.32 Å². The second-order valence-corrected chi connectivity index (χ2v) is 5.70. The fraction of sp³-hybridized carbons (Fsp3) is 0.111. The van der Waals surface area contributed by atoms with Gasteiger partial charge < -0.3 is 5.32 Å². The fourth-order valence-corrected chi connectivity index (χ4v) is 2.69. The van der Waals surface area contributed by atoms with Crippen LogP contribution in [0.1, 0.15) is 27.6 Å². The van der Waals surface area contributed by atoms with Gasteiger partial charge in [0.2, 0.25) is 5.91 Å². The van der Waals surface area contributed by atoms with Crippen molar-refractivity contribution in [3.63, 3.8) is 0 Å². The number of benzene rings is 2. The summed E-state index contributed by atoms with van der Waals surface area (Å²) < 4.78 is 1.46. The summed E-state index contributed by atoms with van der Waals surface area (Å²) in [4.78, 5) is 24.3. The summed E-state index contributed by atoms with van der Waals surface area (Å²) in [6.07, 6.45) is 1.56. The lowest BCUT2D eigenvalue weighted by Crippen LogP contribution is -2.22. The molecule has 3 rings (SSSR count). The standard InChI is InChI=1S/C18H15ClN2O2/c1-12(22)21-11-16(15-9-14(19)7-8-17(15)21)18(23)20-10-13-5-3-2-4-6-13/h2-9,11H,10H2,1H3,(H,20,23). The molecule has 1 aromatic heterocycles. The first-order valence-corrected chi connectivity index (χ1v) is 7.58. The number of hydrogen-bond acceptors (Lipinski definition) is 2. The molecule has 116 valence electrons. The van der Waals surface area contributed by atoms with Crippen molar-refractivity contribution in [2.45, 2.75) is 13.5 Å². The van der Waals surface area contributed by atoms with E-state index in [1.165, 1.54) is 11.5 Å². The number of nitrogens with one attached hydrogen (secondary N) is 1. The number of halogens is 1. The van der Waals surface area contributed by atoms with Gasteiger partial charge in [-0.25, -0.2) is 0 Å². The number of amides is 1. The average Bonchev–Trinajstić information content (AvgIpc) is 2.92. The van der Waals surface area contributed by atoms with Gasteiger partial charge in [0.25, 0.3) is 5.91 Å². The minimum Gasteiger partial charge on any atom is -0.348 e. The van der Waals surface area contributed by atoms with Gasteiger partial charge >= 0.3 is 0 Å². The molecule has 1 heterocycles. The lowest BCUT2D eigenvalue weighted by molar-refractivity contribution is 0.0941. The van der Waals surface area contributed by atoms with E-state index in [9.17, 15) is 9.59 Å². The lowest BCUT2D eigenvalue weighted by Gasteiger charge is -2.04. The highest BCUT2D eigenvalue weighted by Gasteiger charge is 2.17. The monoisotopic (exact) mass is 326 g/mol. The lowest BCUT2D eigenvalue weighted by atomic mass is 10.1. The Labute approximate surface area is 138 Å². The molecule has 0 bridgehead atoms. The first-order valence-electron chi connectivity index (χ1n) is 7.20. The molecule has 0 radical (unpaired) electrons. The van der Waals surface area contributed by atoms with Crippen LogP contribution in [0.5, 0.6) is 0 Å². The van der Waals surface area contributed by atoms with E-state index in [-0.39, 0.29) is 11.8 Å². The molecule has 0 saturated heterocycles. The molecule has 0 atom stereocenters. The molecule has 2 aromatic carbocycles. The highest BCUT2D eigenvalue weighted by molar-refractivity contribution is 6.31. The van der Waals surface area contributed by atoms with Gasteiger partial charge in [-0.05, 0) is 23.8 Å². The van der Waals surface area contributed by atoms with Crippen LogP contribution in [0.3, 0.4) is 0 Å². The molecule has 5 heteroatoms. The van der Waals surface area contributed by atoms with E-state index in [0.717, 1.165) is 5.56 Å². The first-order chi connectivity index (χ1) is 11.1. The van der Waals surface area contributed by atoms with E-state index in [4.69, 9.17) is 11.6 Å². The van der Waals surface area contributed by atoms with Crippen molar-refractivity contribution in [2.75, 3.05) is 0 Å². The number of carbonyl (C=O) groups excluding carboxylic acids is 2. The number of nitrogens with zero attached hydrogens (tertiary/aromatic N) is 1. The number of aromatic nitrogens is 1. The van der Waals surface area contributed by atoms with Crippen LogP contribution >= 0.6 is 11.6 Å². The maximum atomic E-state index is 12.5. The van der Waals surface area contributed by atoms with Crippen LogP contribution in [0.15, 0.2) is 54.7 Å². The third-order valence-corrected chi connectivity index (χ3v) is 3.88. The maximum absolute atomic E-state index is 12.5. The maximum Gasteiger partial charge on any atom is 0.253 e. The molecule has 0 aliphatic carbocycles. The molecule has 4 nitrogen and oxygen atoms in total. The van der Waals surface area contributed by atoms with Gasteiger partial charge in [-0.3, -0.25) is 14.2 Å². The predicted octanol–water partition coefficient (Wildman–Crippen LogP) is 3.88. The highest BCUT2D eigenvalue weighted by Crippen LogP contribution is 2.25. The summed E-state index contributed by atoms with van der Waals surface area (Å²) in [6, 6.07) is 14.8. The Morgan fingerprint density at radius 2 is 1.87 bits per heavy atom. The number of hydrogen-bond donors (Lipinski definition) is 1. The summed E-state index contributed by atoms with van der Waals surface area (Å²) >= 11 is 6.03. The van der Waals surface area contributed by atoms with Crippen LogP contribution in [-0.4, -0.2) is 16.4 Å². The molecule has 0 aliphatic rings. The summed E-state index contributed by atoms with van der Waals surface area (Å²) in [5.41, 5.74) is 2.12. The molecule has 0 aliphatic heterocycles. The Hall–Kier alpha value is -2.59. The zero-order valence-corrected chi connectivity index (χ0v) is 13.3. The third-order valence-electron chi connectivity index (χ3n) is 3.65. The first kappa shape index (κ1) is 15.3. The van der Waals surface area contributed by atoms with E-state index in [1.54, 1.807) is 24.4 Å². The molecule has 3 aromatic rings. The number of fused-ring (bicyclic) bond motifs is 1. The normalized spacial score (nSPS) is 10.7. The largest absolute Gasteiger partial charge is 0.348 e. The van der Waals surface area contributed by atoms with Gasteiger partial charge in [0.1, 0.15) is 0 Å². The van der Waals surface area contributed by atoms with E-state index < -0.39 is 0 Å². The van der Waals surface area contributed by atoms with Crippen molar-refractivity contribution in [1.29, 1.82) is 0 Å². The van der Waals surface area contributed by atoms with Crippen LogP contribution in [-0.2, 0) is 6.54 Å². The van der Waals surface area contributed by atoms with Gasteiger partial charge in [0.15, 0.2) is 0 Å². The van der Waals surface area contributed by atoms with Crippen LogP contribution in [0, 0.1) is 0 Å². The third kappa shape index (κ3) is 3.12. The van der Waals surface area contributed by atoms with E-state index in [0.29, 0.717) is 28.0 Å². The van der Waals surface area contributed by atoms with Crippen molar-refractivity contribution < 1.29 is 9.59 Å². The molecule has 0 unspecified atom stereocenters. The number of rotatable bonds is 3. The quantitative estimate of drug-likeness (QED) is 0.794. The molecule has 1 amide bonds. The zero-order valence-electron chi connectivity index (χ0n) is 12.5.